The fourth-order valence-electron chi connectivity index (χ4n) is 1.03. The molecule has 0 aliphatic heterocycles. The summed E-state index contributed by atoms with van der Waals surface area (Å²) in [5, 5.41) is 3.07. The molecule has 0 radical (unpaired) electrons. The zero-order valence-corrected chi connectivity index (χ0v) is 7.35. The van der Waals surface area contributed by atoms with Crippen LogP contribution in [-0.2, 0) is 0 Å². The van der Waals surface area contributed by atoms with Crippen LogP contribution < -0.4 is 11.1 Å². The molecule has 0 aromatic carbocycles. The molecule has 2 nitrogen and oxygen atoms in total. The van der Waals surface area contributed by atoms with Crippen LogP contribution in [0.1, 0.15) is 26.7 Å². The number of nitrogens with one attached hydrogen (secondary N) is 1. The van der Waals surface area contributed by atoms with Crippen molar-refractivity contribution >= 4 is 0 Å². The summed E-state index contributed by atoms with van der Waals surface area (Å²) in [4.78, 5) is 0. The van der Waals surface area contributed by atoms with Crippen LogP contribution >= 0.6 is 0 Å². The Balaban J connectivity index is 3.27. The summed E-state index contributed by atoms with van der Waals surface area (Å²) >= 11 is 0. The lowest BCUT2D eigenvalue weighted by molar-refractivity contribution is 0.442. The average molecular weight is 144 g/mol. The first-order chi connectivity index (χ1) is 4.70. The normalized spacial score (nSPS) is 16.8. The predicted molar refractivity (Wildman–Crippen MR) is 46.0 cm³/mol. The molecule has 0 fully saturated rings. The molecule has 0 unspecified atom stereocenters. The fraction of sp³-hybridized carbons (Fsp3) is 1.00. The van der Waals surface area contributed by atoms with E-state index >= 15 is 0 Å². The Morgan fingerprint density at radius 1 is 1.50 bits per heavy atom. The van der Waals surface area contributed by atoms with Gasteiger partial charge in [0.15, 0.2) is 0 Å². The lowest BCUT2D eigenvalue weighted by Gasteiger charge is -2.14. The van der Waals surface area contributed by atoms with Crippen molar-refractivity contribution in [2.75, 3.05) is 13.6 Å². The molecule has 2 atom stereocenters. The monoisotopic (exact) mass is 144 g/mol. The topological polar surface area (TPSA) is 38.0 Å². The quantitative estimate of drug-likeness (QED) is 0.603. The third kappa shape index (κ3) is 4.77. The van der Waals surface area contributed by atoms with Crippen molar-refractivity contribution < 1.29 is 0 Å². The van der Waals surface area contributed by atoms with Crippen LogP contribution in [0, 0.1) is 5.92 Å². The van der Waals surface area contributed by atoms with Gasteiger partial charge in [-0.05, 0) is 19.4 Å². The number of hydrogen-bond donors (Lipinski definition) is 2. The summed E-state index contributed by atoms with van der Waals surface area (Å²) in [6.45, 7) is 5.39. The summed E-state index contributed by atoms with van der Waals surface area (Å²) < 4.78 is 0. The summed E-state index contributed by atoms with van der Waals surface area (Å²) in [5.74, 6) is 0.767. The van der Waals surface area contributed by atoms with Crippen molar-refractivity contribution in [3.8, 4) is 0 Å². The Hall–Kier alpha value is -0.0800. The maximum Gasteiger partial charge on any atom is 0.0167 e. The first-order valence-electron chi connectivity index (χ1n) is 4.10. The summed E-state index contributed by atoms with van der Waals surface area (Å²) in [6, 6.07) is 0.333. The van der Waals surface area contributed by atoms with Gasteiger partial charge in [-0.15, -0.1) is 0 Å². The Morgan fingerprint density at radius 3 is 2.50 bits per heavy atom. The summed E-state index contributed by atoms with van der Waals surface area (Å²) in [7, 11) is 1.94. The highest BCUT2D eigenvalue weighted by molar-refractivity contribution is 4.66. The molecular formula is C8H20N2. The van der Waals surface area contributed by atoms with E-state index in [1.807, 2.05) is 7.05 Å². The fourth-order valence-corrected chi connectivity index (χ4v) is 1.03. The first kappa shape index (κ1) is 9.92. The molecule has 3 N–H and O–H groups in total. The van der Waals surface area contributed by atoms with Gasteiger partial charge in [0.25, 0.3) is 0 Å². The molecule has 0 bridgehead atoms. The van der Waals surface area contributed by atoms with Crippen LogP contribution in [0.4, 0.5) is 0 Å². The Labute approximate surface area is 64.2 Å². The van der Waals surface area contributed by atoms with Gasteiger partial charge in [-0.25, -0.2) is 0 Å². The van der Waals surface area contributed by atoms with Gasteiger partial charge in [-0.3, -0.25) is 0 Å². The number of rotatable bonds is 5. The molecule has 0 aliphatic rings. The molecule has 0 aliphatic carbocycles. The second-order valence-electron chi connectivity index (χ2n) is 3.07. The highest BCUT2D eigenvalue weighted by Crippen LogP contribution is 2.07. The van der Waals surface area contributed by atoms with Crippen LogP contribution in [0.25, 0.3) is 0 Å². The molecule has 0 heterocycles. The van der Waals surface area contributed by atoms with E-state index in [2.05, 4.69) is 19.2 Å². The molecule has 0 saturated carbocycles. The zero-order chi connectivity index (χ0) is 7.98. The lowest BCUT2D eigenvalue weighted by atomic mass is 10.00. The Kier molecular flexibility index (Phi) is 5.64. The zero-order valence-electron chi connectivity index (χ0n) is 7.35. The van der Waals surface area contributed by atoms with Crippen molar-refractivity contribution in [1.82, 2.24) is 5.32 Å². The minimum absolute atomic E-state index is 0.333. The minimum Gasteiger partial charge on any atom is -0.327 e. The van der Waals surface area contributed by atoms with Gasteiger partial charge in [0, 0.05) is 12.6 Å². The van der Waals surface area contributed by atoms with E-state index in [0.717, 1.165) is 18.9 Å². The molecule has 0 rings (SSSR count). The van der Waals surface area contributed by atoms with E-state index < -0.39 is 0 Å². The Morgan fingerprint density at radius 2 is 2.10 bits per heavy atom. The van der Waals surface area contributed by atoms with E-state index in [4.69, 9.17) is 5.73 Å². The van der Waals surface area contributed by atoms with Gasteiger partial charge >= 0.3 is 0 Å². The van der Waals surface area contributed by atoms with Crippen molar-refractivity contribution in [3.05, 3.63) is 0 Å². The van der Waals surface area contributed by atoms with Gasteiger partial charge in [0.05, 0.1) is 0 Å². The lowest BCUT2D eigenvalue weighted by Crippen LogP contribution is -2.33. The average Bonchev–Trinajstić information content (AvgIpc) is 1.88. The van der Waals surface area contributed by atoms with Gasteiger partial charge in [0.1, 0.15) is 0 Å². The molecule has 2 heteroatoms. The van der Waals surface area contributed by atoms with E-state index in [9.17, 15) is 0 Å². The molecule has 0 amide bonds. The van der Waals surface area contributed by atoms with Crippen LogP contribution in [0.3, 0.4) is 0 Å². The second-order valence-corrected chi connectivity index (χ2v) is 3.07. The van der Waals surface area contributed by atoms with Crippen LogP contribution in [0.2, 0.25) is 0 Å². The standard InChI is InChI=1S/C8H20N2/c1-4-7(2)5-8(9)6-10-3/h7-8,10H,4-6,9H2,1-3H3/t7-,8+/m1/s1. The molecule has 0 saturated heterocycles. The number of likely N-dealkylation sites (N-methyl/N-ethyl adjacent to an activating group) is 1. The maximum absolute atomic E-state index is 5.80. The van der Waals surface area contributed by atoms with Crippen molar-refractivity contribution in [1.29, 1.82) is 0 Å². The van der Waals surface area contributed by atoms with E-state index in [0.29, 0.717) is 6.04 Å². The number of hydrogen-bond acceptors (Lipinski definition) is 2. The Bertz CT molecular complexity index is 73.7. The van der Waals surface area contributed by atoms with Crippen molar-refractivity contribution in [2.45, 2.75) is 32.7 Å². The summed E-state index contributed by atoms with van der Waals surface area (Å²) in [5.41, 5.74) is 5.80. The first-order valence-corrected chi connectivity index (χ1v) is 4.10. The summed E-state index contributed by atoms with van der Waals surface area (Å²) in [6.07, 6.45) is 2.37. The van der Waals surface area contributed by atoms with E-state index in [1.54, 1.807) is 0 Å². The third-order valence-corrected chi connectivity index (χ3v) is 1.87. The second kappa shape index (κ2) is 5.69. The SMILES string of the molecule is CC[C@@H](C)C[C@H](N)CNC. The highest BCUT2D eigenvalue weighted by atomic mass is 14.9. The predicted octanol–water partition coefficient (Wildman–Crippen LogP) is 0.969. The van der Waals surface area contributed by atoms with Crippen LogP contribution in [-0.4, -0.2) is 19.6 Å². The molecule has 0 aromatic rings. The molecular weight excluding hydrogens is 124 g/mol. The molecule has 0 spiro atoms. The van der Waals surface area contributed by atoms with Gasteiger partial charge < -0.3 is 11.1 Å². The molecule has 62 valence electrons. The van der Waals surface area contributed by atoms with Gasteiger partial charge in [-0.1, -0.05) is 20.3 Å². The molecule has 0 aromatic heterocycles. The van der Waals surface area contributed by atoms with Crippen molar-refractivity contribution in [2.24, 2.45) is 11.7 Å². The largest absolute Gasteiger partial charge is 0.327 e. The van der Waals surface area contributed by atoms with Crippen molar-refractivity contribution in [3.63, 3.8) is 0 Å². The smallest absolute Gasteiger partial charge is 0.0167 e. The highest BCUT2D eigenvalue weighted by Gasteiger charge is 2.05. The van der Waals surface area contributed by atoms with Gasteiger partial charge in [0.2, 0.25) is 0 Å². The number of nitrogens with two attached hydrogens (primary N) is 1. The van der Waals surface area contributed by atoms with E-state index in [1.165, 1.54) is 6.42 Å². The third-order valence-electron chi connectivity index (χ3n) is 1.87. The van der Waals surface area contributed by atoms with Crippen LogP contribution in [0.5, 0.6) is 0 Å². The van der Waals surface area contributed by atoms with Gasteiger partial charge in [-0.2, -0.15) is 0 Å². The molecule has 10 heavy (non-hydrogen) atoms. The minimum atomic E-state index is 0.333. The van der Waals surface area contributed by atoms with Crippen LogP contribution in [0.15, 0.2) is 0 Å². The van der Waals surface area contributed by atoms with E-state index in [-0.39, 0.29) is 0 Å². The maximum atomic E-state index is 5.80.